The highest BCUT2D eigenvalue weighted by molar-refractivity contribution is 6.30. The Hall–Kier alpha value is -2.40. The molecule has 1 amide bonds. The van der Waals surface area contributed by atoms with E-state index in [1.807, 2.05) is 35.2 Å². The van der Waals surface area contributed by atoms with Crippen molar-refractivity contribution in [3.8, 4) is 0 Å². The topological polar surface area (TPSA) is 48.8 Å². The number of carbonyl (C=O) groups is 1. The van der Waals surface area contributed by atoms with Crippen molar-refractivity contribution >= 4 is 29.3 Å². The van der Waals surface area contributed by atoms with Gasteiger partial charge in [-0.05, 0) is 29.8 Å². The van der Waals surface area contributed by atoms with Gasteiger partial charge in [0.2, 0.25) is 5.96 Å². The molecule has 3 heterocycles. The first kappa shape index (κ1) is 13.3. The van der Waals surface area contributed by atoms with E-state index in [1.165, 1.54) is 0 Å². The average molecular weight is 313 g/mol. The van der Waals surface area contributed by atoms with Crippen molar-refractivity contribution in [3.05, 3.63) is 58.7 Å². The summed E-state index contributed by atoms with van der Waals surface area (Å²) in [6.45, 7) is 1.86. The third-order valence-electron chi connectivity index (χ3n) is 3.83. The number of nitrogens with zero attached hydrogens (tertiary/aromatic N) is 4. The maximum atomic E-state index is 12.5. The molecule has 6 heteroatoms. The van der Waals surface area contributed by atoms with Gasteiger partial charge in [-0.2, -0.15) is 0 Å². The summed E-state index contributed by atoms with van der Waals surface area (Å²) in [4.78, 5) is 25.1. The SMILES string of the molecule is O=C1c2cccnc2N(Cc2ccc(Cl)cc2)C2=NCCN12. The number of amides is 1. The summed E-state index contributed by atoms with van der Waals surface area (Å²) in [6.07, 6.45) is 1.70. The van der Waals surface area contributed by atoms with E-state index in [-0.39, 0.29) is 5.91 Å². The van der Waals surface area contributed by atoms with E-state index >= 15 is 0 Å². The van der Waals surface area contributed by atoms with E-state index in [2.05, 4.69) is 9.98 Å². The van der Waals surface area contributed by atoms with Crippen molar-refractivity contribution < 1.29 is 4.79 Å². The second kappa shape index (κ2) is 5.10. The quantitative estimate of drug-likeness (QED) is 0.856. The number of halogens is 1. The summed E-state index contributed by atoms with van der Waals surface area (Å²) in [5.41, 5.74) is 1.71. The van der Waals surface area contributed by atoms with E-state index in [0.29, 0.717) is 42.0 Å². The van der Waals surface area contributed by atoms with Gasteiger partial charge in [-0.1, -0.05) is 23.7 Å². The van der Waals surface area contributed by atoms with Crippen molar-refractivity contribution in [2.45, 2.75) is 6.54 Å². The van der Waals surface area contributed by atoms with E-state index in [1.54, 1.807) is 17.2 Å². The molecule has 1 aromatic heterocycles. The Morgan fingerprint density at radius 3 is 2.82 bits per heavy atom. The molecular formula is C16H13ClN4O. The molecule has 0 fully saturated rings. The molecule has 110 valence electrons. The first-order chi connectivity index (χ1) is 10.7. The highest BCUT2D eigenvalue weighted by Gasteiger charge is 2.37. The van der Waals surface area contributed by atoms with Gasteiger partial charge in [0.25, 0.3) is 5.91 Å². The fourth-order valence-electron chi connectivity index (χ4n) is 2.80. The Bertz CT molecular complexity index is 772. The van der Waals surface area contributed by atoms with Crippen LogP contribution in [0, 0.1) is 0 Å². The number of fused-ring (bicyclic) bond motifs is 2. The second-order valence-corrected chi connectivity index (χ2v) is 5.66. The van der Waals surface area contributed by atoms with Crippen LogP contribution >= 0.6 is 11.6 Å². The number of anilines is 1. The Balaban J connectivity index is 1.77. The number of guanidine groups is 1. The number of hydrogen-bond donors (Lipinski definition) is 0. The largest absolute Gasteiger partial charge is 0.291 e. The van der Waals surface area contributed by atoms with Crippen LogP contribution in [-0.2, 0) is 6.54 Å². The van der Waals surface area contributed by atoms with Crippen molar-refractivity contribution in [2.24, 2.45) is 4.99 Å². The average Bonchev–Trinajstić information content (AvgIpc) is 3.03. The molecule has 0 unspecified atom stereocenters. The van der Waals surface area contributed by atoms with Crippen LogP contribution in [0.5, 0.6) is 0 Å². The monoisotopic (exact) mass is 312 g/mol. The molecule has 0 saturated heterocycles. The van der Waals surface area contributed by atoms with Crippen molar-refractivity contribution in [2.75, 3.05) is 18.0 Å². The maximum Gasteiger partial charge on any atom is 0.264 e. The molecule has 0 N–H and O–H groups in total. The van der Waals surface area contributed by atoms with Crippen LogP contribution in [0.2, 0.25) is 5.02 Å². The van der Waals surface area contributed by atoms with Crippen molar-refractivity contribution in [1.29, 1.82) is 0 Å². The molecule has 0 spiro atoms. The van der Waals surface area contributed by atoms with Gasteiger partial charge in [0, 0.05) is 17.8 Å². The summed E-state index contributed by atoms with van der Waals surface area (Å²) >= 11 is 5.94. The van der Waals surface area contributed by atoms with Crippen LogP contribution in [0.3, 0.4) is 0 Å². The molecule has 2 aliphatic rings. The molecular weight excluding hydrogens is 300 g/mol. The van der Waals surface area contributed by atoms with E-state index in [9.17, 15) is 4.79 Å². The molecule has 0 aliphatic carbocycles. The molecule has 2 aliphatic heterocycles. The molecule has 0 radical (unpaired) electrons. The predicted molar refractivity (Wildman–Crippen MR) is 85.2 cm³/mol. The third kappa shape index (κ3) is 2.05. The third-order valence-corrected chi connectivity index (χ3v) is 4.08. The number of rotatable bonds is 2. The van der Waals surface area contributed by atoms with Crippen molar-refractivity contribution in [1.82, 2.24) is 9.88 Å². The second-order valence-electron chi connectivity index (χ2n) is 5.23. The molecule has 4 rings (SSSR count). The number of pyridine rings is 1. The zero-order valence-electron chi connectivity index (χ0n) is 11.7. The van der Waals surface area contributed by atoms with Crippen LogP contribution in [0.15, 0.2) is 47.6 Å². The summed E-state index contributed by atoms with van der Waals surface area (Å²) in [6, 6.07) is 11.3. The van der Waals surface area contributed by atoms with Gasteiger partial charge >= 0.3 is 0 Å². The highest BCUT2D eigenvalue weighted by Crippen LogP contribution is 2.29. The smallest absolute Gasteiger partial charge is 0.264 e. The van der Waals surface area contributed by atoms with Crippen LogP contribution < -0.4 is 4.90 Å². The van der Waals surface area contributed by atoms with Crippen LogP contribution in [-0.4, -0.2) is 34.8 Å². The number of benzene rings is 1. The minimum atomic E-state index is -0.0216. The lowest BCUT2D eigenvalue weighted by Gasteiger charge is -2.34. The van der Waals surface area contributed by atoms with E-state index < -0.39 is 0 Å². The van der Waals surface area contributed by atoms with Crippen molar-refractivity contribution in [3.63, 3.8) is 0 Å². The first-order valence-electron chi connectivity index (χ1n) is 7.07. The number of aromatic nitrogens is 1. The van der Waals surface area contributed by atoms with Gasteiger partial charge in [-0.25, -0.2) is 4.98 Å². The minimum Gasteiger partial charge on any atom is -0.291 e. The Kier molecular flexibility index (Phi) is 3.08. The summed E-state index contributed by atoms with van der Waals surface area (Å²) in [5.74, 6) is 1.33. The Labute approximate surface area is 132 Å². The zero-order valence-corrected chi connectivity index (χ0v) is 12.5. The Morgan fingerprint density at radius 2 is 2.00 bits per heavy atom. The summed E-state index contributed by atoms with van der Waals surface area (Å²) in [5, 5.41) is 0.705. The lowest BCUT2D eigenvalue weighted by molar-refractivity contribution is 0.0851. The van der Waals surface area contributed by atoms with Gasteiger partial charge in [-0.15, -0.1) is 0 Å². The molecule has 1 aromatic carbocycles. The summed E-state index contributed by atoms with van der Waals surface area (Å²) in [7, 11) is 0. The summed E-state index contributed by atoms with van der Waals surface area (Å²) < 4.78 is 0. The number of aliphatic imine (C=N–C) groups is 1. The molecule has 0 atom stereocenters. The lowest BCUT2D eigenvalue weighted by Crippen LogP contribution is -2.50. The van der Waals surface area contributed by atoms with Gasteiger partial charge < -0.3 is 0 Å². The van der Waals surface area contributed by atoms with E-state index in [4.69, 9.17) is 11.6 Å². The normalized spacial score (nSPS) is 16.4. The molecule has 0 saturated carbocycles. The van der Waals surface area contributed by atoms with Crippen LogP contribution in [0.4, 0.5) is 5.82 Å². The molecule has 0 bridgehead atoms. The lowest BCUT2D eigenvalue weighted by atomic mass is 10.1. The minimum absolute atomic E-state index is 0.0216. The number of hydrogen-bond acceptors (Lipinski definition) is 4. The van der Waals surface area contributed by atoms with Gasteiger partial charge in [0.05, 0.1) is 18.7 Å². The standard InChI is InChI=1S/C16H13ClN4O/c17-12-5-3-11(4-6-12)10-21-14-13(2-1-7-18-14)15(22)20-9-8-19-16(20)21/h1-7H,8-10H2. The fourth-order valence-corrected chi connectivity index (χ4v) is 2.92. The van der Waals surface area contributed by atoms with Crippen LogP contribution in [0.1, 0.15) is 15.9 Å². The molecule has 5 nitrogen and oxygen atoms in total. The predicted octanol–water partition coefficient (Wildman–Crippen LogP) is 2.57. The van der Waals surface area contributed by atoms with Gasteiger partial charge in [0.1, 0.15) is 5.82 Å². The van der Waals surface area contributed by atoms with Gasteiger partial charge in [-0.3, -0.25) is 19.6 Å². The maximum absolute atomic E-state index is 12.5. The van der Waals surface area contributed by atoms with Crippen LogP contribution in [0.25, 0.3) is 0 Å². The number of carbonyl (C=O) groups excluding carboxylic acids is 1. The zero-order chi connectivity index (χ0) is 15.1. The van der Waals surface area contributed by atoms with Gasteiger partial charge in [0.15, 0.2) is 0 Å². The molecule has 2 aromatic rings. The fraction of sp³-hybridized carbons (Fsp3) is 0.188. The Morgan fingerprint density at radius 1 is 1.18 bits per heavy atom. The van der Waals surface area contributed by atoms with E-state index in [0.717, 1.165) is 5.56 Å². The molecule has 22 heavy (non-hydrogen) atoms. The first-order valence-corrected chi connectivity index (χ1v) is 7.45. The highest BCUT2D eigenvalue weighted by atomic mass is 35.5.